The second kappa shape index (κ2) is 5.25. The van der Waals surface area contributed by atoms with Crippen LogP contribution in [-0.4, -0.2) is 0 Å². The molecule has 0 heteroatoms. The smallest absolute Gasteiger partial charge is 0.0250 e. The third-order valence-corrected chi connectivity index (χ3v) is 4.66. The van der Waals surface area contributed by atoms with Crippen molar-refractivity contribution in [2.24, 2.45) is 5.92 Å². The van der Waals surface area contributed by atoms with Crippen LogP contribution in [0.15, 0.2) is 18.2 Å². The van der Waals surface area contributed by atoms with E-state index in [0.29, 0.717) is 0 Å². The van der Waals surface area contributed by atoms with Crippen LogP contribution in [0.1, 0.15) is 61.6 Å². The maximum absolute atomic E-state index is 2.52. The number of hydrogen-bond donors (Lipinski definition) is 0. The highest BCUT2D eigenvalue weighted by atomic mass is 14.2. The van der Waals surface area contributed by atoms with Crippen molar-refractivity contribution in [2.75, 3.05) is 0 Å². The summed E-state index contributed by atoms with van der Waals surface area (Å²) >= 11 is 0. The van der Waals surface area contributed by atoms with Gasteiger partial charge >= 0.3 is 0 Å². The predicted octanol–water partition coefficient (Wildman–Crippen LogP) is 4.69. The Labute approximate surface area is 105 Å². The molecule has 92 valence electrons. The molecule has 1 aromatic carbocycles. The van der Waals surface area contributed by atoms with Gasteiger partial charge in [0.2, 0.25) is 0 Å². The molecule has 0 bridgehead atoms. The molecule has 17 heavy (non-hydrogen) atoms. The van der Waals surface area contributed by atoms with E-state index in [1.165, 1.54) is 64.2 Å². The van der Waals surface area contributed by atoms with E-state index in [0.717, 1.165) is 5.92 Å². The average Bonchev–Trinajstić information content (AvgIpc) is 2.40. The third-order valence-electron chi connectivity index (χ3n) is 4.66. The van der Waals surface area contributed by atoms with Crippen LogP contribution >= 0.6 is 0 Å². The van der Waals surface area contributed by atoms with Crippen LogP contribution in [-0.2, 0) is 19.3 Å². The fourth-order valence-corrected chi connectivity index (χ4v) is 3.64. The summed E-state index contributed by atoms with van der Waals surface area (Å²) in [6, 6.07) is 7.33. The maximum atomic E-state index is 2.52. The topological polar surface area (TPSA) is 0 Å². The highest BCUT2D eigenvalue weighted by Crippen LogP contribution is 2.28. The summed E-state index contributed by atoms with van der Waals surface area (Å²) in [5.74, 6) is 0.977. The molecule has 2 aliphatic carbocycles. The first-order chi connectivity index (χ1) is 8.42. The monoisotopic (exact) mass is 228 g/mol. The minimum Gasteiger partial charge on any atom is -0.0587 e. The van der Waals surface area contributed by atoms with E-state index in [2.05, 4.69) is 18.2 Å². The number of hydrogen-bond acceptors (Lipinski definition) is 0. The summed E-state index contributed by atoms with van der Waals surface area (Å²) in [6.07, 6.45) is 14.1. The molecule has 2 aliphatic rings. The molecule has 1 aromatic rings. The van der Waals surface area contributed by atoms with Gasteiger partial charge in [-0.2, -0.15) is 0 Å². The van der Waals surface area contributed by atoms with E-state index >= 15 is 0 Å². The molecule has 0 unspecified atom stereocenters. The van der Waals surface area contributed by atoms with Crippen LogP contribution < -0.4 is 0 Å². The Morgan fingerprint density at radius 2 is 1.59 bits per heavy atom. The summed E-state index contributed by atoms with van der Waals surface area (Å²) < 4.78 is 0. The molecular formula is C17H24. The SMILES string of the molecule is c1cc2c(cc1CC1CCCCC1)CCCC2. The van der Waals surface area contributed by atoms with Gasteiger partial charge in [0.1, 0.15) is 0 Å². The van der Waals surface area contributed by atoms with Gasteiger partial charge in [-0.3, -0.25) is 0 Å². The van der Waals surface area contributed by atoms with Crippen molar-refractivity contribution >= 4 is 0 Å². The zero-order chi connectivity index (χ0) is 11.5. The van der Waals surface area contributed by atoms with Crippen LogP contribution in [0.3, 0.4) is 0 Å². The lowest BCUT2D eigenvalue weighted by atomic mass is 9.83. The van der Waals surface area contributed by atoms with Gasteiger partial charge in [0.25, 0.3) is 0 Å². The lowest BCUT2D eigenvalue weighted by molar-refractivity contribution is 0.356. The van der Waals surface area contributed by atoms with Gasteiger partial charge in [-0.15, -0.1) is 0 Å². The lowest BCUT2D eigenvalue weighted by Gasteiger charge is -2.23. The zero-order valence-corrected chi connectivity index (χ0v) is 10.9. The highest BCUT2D eigenvalue weighted by Gasteiger charge is 2.15. The van der Waals surface area contributed by atoms with Gasteiger partial charge in [-0.1, -0.05) is 50.3 Å². The fraction of sp³-hybridized carbons (Fsp3) is 0.647. The van der Waals surface area contributed by atoms with Crippen molar-refractivity contribution in [3.63, 3.8) is 0 Å². The normalized spacial score (nSPS) is 21.2. The Bertz CT molecular complexity index is 372. The van der Waals surface area contributed by atoms with Crippen molar-refractivity contribution in [3.05, 3.63) is 34.9 Å². The largest absolute Gasteiger partial charge is 0.0587 e. The summed E-state index contributed by atoms with van der Waals surface area (Å²) in [6.45, 7) is 0. The quantitative estimate of drug-likeness (QED) is 0.689. The van der Waals surface area contributed by atoms with Gasteiger partial charge < -0.3 is 0 Å². The lowest BCUT2D eigenvalue weighted by Crippen LogP contribution is -2.10. The molecule has 0 saturated heterocycles. The van der Waals surface area contributed by atoms with Crippen molar-refractivity contribution < 1.29 is 0 Å². The molecule has 0 amide bonds. The molecule has 0 aliphatic heterocycles. The fourth-order valence-electron chi connectivity index (χ4n) is 3.64. The minimum absolute atomic E-state index is 0.977. The molecule has 0 spiro atoms. The molecule has 0 heterocycles. The van der Waals surface area contributed by atoms with E-state index in [4.69, 9.17) is 0 Å². The molecule has 1 fully saturated rings. The van der Waals surface area contributed by atoms with E-state index < -0.39 is 0 Å². The first-order valence-electron chi connectivity index (χ1n) is 7.52. The molecule has 0 N–H and O–H groups in total. The van der Waals surface area contributed by atoms with Crippen molar-refractivity contribution in [1.82, 2.24) is 0 Å². The predicted molar refractivity (Wildman–Crippen MR) is 73.4 cm³/mol. The van der Waals surface area contributed by atoms with E-state index in [1.807, 2.05) is 0 Å². The minimum atomic E-state index is 0.977. The Morgan fingerprint density at radius 3 is 2.41 bits per heavy atom. The van der Waals surface area contributed by atoms with Crippen molar-refractivity contribution in [1.29, 1.82) is 0 Å². The van der Waals surface area contributed by atoms with Crippen molar-refractivity contribution in [2.45, 2.75) is 64.2 Å². The van der Waals surface area contributed by atoms with Gasteiger partial charge in [0, 0.05) is 0 Å². The van der Waals surface area contributed by atoms with Crippen LogP contribution in [0.4, 0.5) is 0 Å². The average molecular weight is 228 g/mol. The van der Waals surface area contributed by atoms with E-state index in [9.17, 15) is 0 Å². The summed E-state index contributed by atoms with van der Waals surface area (Å²) in [7, 11) is 0. The van der Waals surface area contributed by atoms with Crippen LogP contribution in [0, 0.1) is 5.92 Å². The number of fused-ring (bicyclic) bond motifs is 1. The standard InChI is InChI=1S/C17H24/c1-2-6-14(7-3-1)12-15-10-11-16-8-4-5-9-17(16)13-15/h10-11,13-14H,1-9,12H2. The Hall–Kier alpha value is -0.780. The Balaban J connectivity index is 1.70. The van der Waals surface area contributed by atoms with E-state index in [1.54, 1.807) is 16.7 Å². The maximum Gasteiger partial charge on any atom is -0.0250 e. The number of rotatable bonds is 2. The van der Waals surface area contributed by atoms with Gasteiger partial charge in [-0.25, -0.2) is 0 Å². The molecule has 0 aromatic heterocycles. The van der Waals surface area contributed by atoms with Crippen molar-refractivity contribution in [3.8, 4) is 0 Å². The summed E-state index contributed by atoms with van der Waals surface area (Å²) in [5.41, 5.74) is 4.89. The summed E-state index contributed by atoms with van der Waals surface area (Å²) in [4.78, 5) is 0. The molecule has 0 atom stereocenters. The highest BCUT2D eigenvalue weighted by molar-refractivity contribution is 5.34. The third kappa shape index (κ3) is 2.73. The number of benzene rings is 1. The molecule has 0 radical (unpaired) electrons. The van der Waals surface area contributed by atoms with Crippen LogP contribution in [0.5, 0.6) is 0 Å². The van der Waals surface area contributed by atoms with Gasteiger partial charge in [0.15, 0.2) is 0 Å². The second-order valence-electron chi connectivity index (χ2n) is 6.02. The molecule has 0 nitrogen and oxygen atoms in total. The molecular weight excluding hydrogens is 204 g/mol. The Morgan fingerprint density at radius 1 is 0.824 bits per heavy atom. The molecule has 3 rings (SSSR count). The molecule has 1 saturated carbocycles. The first-order valence-corrected chi connectivity index (χ1v) is 7.52. The number of aryl methyl sites for hydroxylation is 2. The van der Waals surface area contributed by atoms with Crippen LogP contribution in [0.2, 0.25) is 0 Å². The summed E-state index contributed by atoms with van der Waals surface area (Å²) in [5, 5.41) is 0. The second-order valence-corrected chi connectivity index (χ2v) is 6.02. The zero-order valence-electron chi connectivity index (χ0n) is 10.9. The Kier molecular flexibility index (Phi) is 3.49. The van der Waals surface area contributed by atoms with Gasteiger partial charge in [-0.05, 0) is 54.7 Å². The van der Waals surface area contributed by atoms with Gasteiger partial charge in [0.05, 0.1) is 0 Å². The van der Waals surface area contributed by atoms with E-state index in [-0.39, 0.29) is 0 Å². The first kappa shape index (κ1) is 11.3. The van der Waals surface area contributed by atoms with Crippen LogP contribution in [0.25, 0.3) is 0 Å².